The molecule has 0 amide bonds. The van der Waals surface area contributed by atoms with Crippen LogP contribution >= 0.6 is 0 Å². The molecule has 3 saturated carbocycles. The third-order valence-electron chi connectivity index (χ3n) is 10.6. The van der Waals surface area contributed by atoms with Crippen molar-refractivity contribution in [3.63, 3.8) is 0 Å². The molecule has 1 N–H and O–H groups in total. The predicted octanol–water partition coefficient (Wildman–Crippen LogP) is 7.68. The topological polar surface area (TPSA) is 34.4 Å². The van der Waals surface area contributed by atoms with Gasteiger partial charge >= 0.3 is 0 Å². The number of rotatable bonds is 2. The van der Waals surface area contributed by atoms with Crippen molar-refractivity contribution in [3.05, 3.63) is 72.3 Å². The van der Waals surface area contributed by atoms with E-state index in [1.807, 2.05) is 0 Å². The summed E-state index contributed by atoms with van der Waals surface area (Å²) in [5.74, 6) is 5.96. The first kappa shape index (κ1) is 21.3. The molecule has 2 heterocycles. The molecule has 4 atom stereocenters. The number of para-hydroxylation sites is 3. The van der Waals surface area contributed by atoms with Gasteiger partial charge in [-0.3, -0.25) is 0 Å². The van der Waals surface area contributed by atoms with Crippen molar-refractivity contribution in [2.75, 3.05) is 13.2 Å². The van der Waals surface area contributed by atoms with Gasteiger partial charge < -0.3 is 14.4 Å². The van der Waals surface area contributed by atoms with Crippen molar-refractivity contribution < 1.29 is 9.84 Å². The van der Waals surface area contributed by atoms with Gasteiger partial charge in [0.2, 0.25) is 0 Å². The summed E-state index contributed by atoms with van der Waals surface area (Å²) in [7, 11) is 0. The van der Waals surface area contributed by atoms with E-state index in [9.17, 15) is 5.11 Å². The lowest BCUT2D eigenvalue weighted by Crippen LogP contribution is -2.53. The normalized spacial score (nSPS) is 33.5. The minimum Gasteiger partial charge on any atom is -0.505 e. The maximum absolute atomic E-state index is 11.8. The number of aromatic hydroxyl groups is 1. The van der Waals surface area contributed by atoms with Gasteiger partial charge in [-0.15, -0.1) is 0 Å². The van der Waals surface area contributed by atoms with Crippen LogP contribution in [0.5, 0.6) is 5.75 Å². The highest BCUT2D eigenvalue weighted by molar-refractivity contribution is 6.09. The van der Waals surface area contributed by atoms with Crippen LogP contribution in [0.3, 0.4) is 0 Å². The number of phenols is 1. The van der Waals surface area contributed by atoms with Crippen molar-refractivity contribution >= 4 is 21.8 Å². The third kappa shape index (κ3) is 3.02. The van der Waals surface area contributed by atoms with Crippen molar-refractivity contribution in [2.45, 2.75) is 44.4 Å². The van der Waals surface area contributed by atoms with Crippen molar-refractivity contribution in [2.24, 2.45) is 35.5 Å². The van der Waals surface area contributed by atoms with Crippen molar-refractivity contribution in [3.8, 4) is 11.4 Å². The largest absolute Gasteiger partial charge is 0.505 e. The Labute approximate surface area is 213 Å². The van der Waals surface area contributed by atoms with Gasteiger partial charge in [-0.05, 0) is 104 Å². The zero-order chi connectivity index (χ0) is 23.8. The fourth-order valence-electron chi connectivity index (χ4n) is 9.28. The number of ether oxygens (including phenoxy) is 1. The molecule has 3 heteroatoms. The standard InChI is InChI=1S/C33H35NO2/c35-33-25(24-16-20-12-14-22-18-36-19-23-15-13-21(17-24)31(20)32(22)23)8-5-11-30(33)34-28-9-3-1-6-26(28)27-7-2-4-10-29(27)34/h1-11,20-24,31-32,35H,12-19H2. The van der Waals surface area contributed by atoms with Gasteiger partial charge in [0.05, 0.1) is 16.7 Å². The Hall–Kier alpha value is -2.78. The Morgan fingerprint density at radius 3 is 1.83 bits per heavy atom. The summed E-state index contributed by atoms with van der Waals surface area (Å²) < 4.78 is 8.30. The van der Waals surface area contributed by atoms with Crippen LogP contribution in [-0.4, -0.2) is 22.9 Å². The van der Waals surface area contributed by atoms with Crippen LogP contribution in [0.2, 0.25) is 0 Å². The Morgan fingerprint density at radius 2 is 1.19 bits per heavy atom. The molecule has 3 nitrogen and oxygen atoms in total. The highest BCUT2D eigenvalue weighted by Crippen LogP contribution is 2.60. The fraction of sp³-hybridized carbons (Fsp3) is 0.455. The van der Waals surface area contributed by atoms with Crippen LogP contribution in [0.15, 0.2) is 66.7 Å². The quantitative estimate of drug-likeness (QED) is 0.321. The van der Waals surface area contributed by atoms with Gasteiger partial charge in [0.25, 0.3) is 0 Å². The number of hydrogen-bond donors (Lipinski definition) is 1. The lowest BCUT2D eigenvalue weighted by atomic mass is 9.49. The number of fused-ring (bicyclic) bond motifs is 3. The van der Waals surface area contributed by atoms with Crippen LogP contribution in [0.4, 0.5) is 0 Å². The summed E-state index contributed by atoms with van der Waals surface area (Å²) in [6.07, 6.45) is 7.86. The summed E-state index contributed by atoms with van der Waals surface area (Å²) >= 11 is 0. The molecule has 1 aliphatic heterocycles. The van der Waals surface area contributed by atoms with E-state index in [-0.39, 0.29) is 0 Å². The molecule has 36 heavy (non-hydrogen) atoms. The van der Waals surface area contributed by atoms with Crippen LogP contribution in [0.1, 0.15) is 50.0 Å². The maximum atomic E-state index is 11.8. The first-order chi connectivity index (χ1) is 17.8. The van der Waals surface area contributed by atoms with E-state index in [1.165, 1.54) is 54.9 Å². The highest BCUT2D eigenvalue weighted by atomic mass is 16.5. The van der Waals surface area contributed by atoms with Gasteiger partial charge in [-0.2, -0.15) is 0 Å². The summed E-state index contributed by atoms with van der Waals surface area (Å²) in [4.78, 5) is 0. The van der Waals surface area contributed by atoms with Crippen LogP contribution in [0, 0.1) is 35.5 Å². The molecular formula is C33H35NO2. The fourth-order valence-corrected chi connectivity index (χ4v) is 9.28. The minimum absolute atomic E-state index is 0.456. The Morgan fingerprint density at radius 1 is 0.639 bits per heavy atom. The lowest BCUT2D eigenvalue weighted by molar-refractivity contribution is -0.137. The molecule has 4 aromatic rings. The molecule has 4 aliphatic rings. The molecule has 8 rings (SSSR count). The Bertz CT molecular complexity index is 1370. The molecule has 0 bridgehead atoms. The van der Waals surface area contributed by atoms with E-state index < -0.39 is 0 Å². The van der Waals surface area contributed by atoms with Gasteiger partial charge in [0, 0.05) is 24.0 Å². The average molecular weight is 478 g/mol. The smallest absolute Gasteiger partial charge is 0.143 e. The zero-order valence-electron chi connectivity index (χ0n) is 20.9. The van der Waals surface area contributed by atoms with Crippen LogP contribution < -0.4 is 0 Å². The van der Waals surface area contributed by atoms with Gasteiger partial charge in [0.1, 0.15) is 5.75 Å². The average Bonchev–Trinajstić information content (AvgIpc) is 3.26. The number of phenolic OH excluding ortho intramolecular Hbond substituents is 1. The summed E-state index contributed by atoms with van der Waals surface area (Å²) in [5.41, 5.74) is 4.41. The van der Waals surface area contributed by atoms with E-state index in [0.29, 0.717) is 11.7 Å². The predicted molar refractivity (Wildman–Crippen MR) is 145 cm³/mol. The number of benzene rings is 3. The zero-order valence-corrected chi connectivity index (χ0v) is 20.9. The molecule has 0 radical (unpaired) electrons. The second-order valence-electron chi connectivity index (χ2n) is 12.1. The SMILES string of the molecule is Oc1c(C2CC3CCC4COCC5CCC(C2)C3C45)cccc1-n1c2ccccc2c2ccccc21. The molecule has 4 fully saturated rings. The van der Waals surface area contributed by atoms with E-state index in [0.717, 1.165) is 65.4 Å². The highest BCUT2D eigenvalue weighted by Gasteiger charge is 2.53. The van der Waals surface area contributed by atoms with Crippen molar-refractivity contribution in [1.29, 1.82) is 0 Å². The molecule has 184 valence electrons. The molecule has 1 saturated heterocycles. The third-order valence-corrected chi connectivity index (χ3v) is 10.6. The second-order valence-corrected chi connectivity index (χ2v) is 12.1. The summed E-state index contributed by atoms with van der Waals surface area (Å²) in [6, 6.07) is 23.6. The van der Waals surface area contributed by atoms with Gasteiger partial charge in [0.15, 0.2) is 0 Å². The van der Waals surface area contributed by atoms with E-state index >= 15 is 0 Å². The monoisotopic (exact) mass is 477 g/mol. The molecule has 3 aliphatic carbocycles. The molecule has 3 aromatic carbocycles. The van der Waals surface area contributed by atoms with Crippen LogP contribution in [0.25, 0.3) is 27.5 Å². The first-order valence-corrected chi connectivity index (χ1v) is 14.2. The van der Waals surface area contributed by atoms with Crippen molar-refractivity contribution in [1.82, 2.24) is 4.57 Å². The first-order valence-electron chi connectivity index (χ1n) is 14.2. The maximum Gasteiger partial charge on any atom is 0.143 e. The number of nitrogens with zero attached hydrogens (tertiary/aromatic N) is 1. The number of aromatic nitrogens is 1. The van der Waals surface area contributed by atoms with Gasteiger partial charge in [-0.25, -0.2) is 0 Å². The Balaban J connectivity index is 1.20. The van der Waals surface area contributed by atoms with E-state index in [4.69, 9.17) is 4.74 Å². The molecule has 4 unspecified atom stereocenters. The second kappa shape index (κ2) is 8.11. The summed E-state index contributed by atoms with van der Waals surface area (Å²) in [5, 5.41) is 14.3. The number of hydrogen-bond acceptors (Lipinski definition) is 2. The van der Waals surface area contributed by atoms with E-state index in [1.54, 1.807) is 0 Å². The lowest BCUT2D eigenvalue weighted by Gasteiger charge is -2.58. The van der Waals surface area contributed by atoms with Gasteiger partial charge in [-0.1, -0.05) is 48.5 Å². The molecule has 0 spiro atoms. The molecular weight excluding hydrogens is 442 g/mol. The Kier molecular flexibility index (Phi) is 4.80. The summed E-state index contributed by atoms with van der Waals surface area (Å²) in [6.45, 7) is 2.00. The van der Waals surface area contributed by atoms with Crippen LogP contribution in [-0.2, 0) is 4.74 Å². The minimum atomic E-state index is 0.456. The molecule has 1 aromatic heterocycles. The van der Waals surface area contributed by atoms with E-state index in [2.05, 4.69) is 71.3 Å².